The largest absolute Gasteiger partial charge is 0.329 e. The molecule has 0 atom stereocenters. The number of nitrogens with zero attached hydrogens (tertiary/aromatic N) is 2. The first kappa shape index (κ1) is 12.3. The Bertz CT molecular complexity index is 778. The SMILES string of the molecule is O=C1c2cc(-c3cn[nH]c3)ccc2CN1Cc1cccs1. The highest BCUT2D eigenvalue weighted by Gasteiger charge is 2.27. The Morgan fingerprint density at radius 3 is 3.00 bits per heavy atom. The van der Waals surface area contributed by atoms with Gasteiger partial charge in [-0.25, -0.2) is 0 Å². The smallest absolute Gasteiger partial charge is 0.254 e. The number of thiophene rings is 1. The molecule has 0 radical (unpaired) electrons. The van der Waals surface area contributed by atoms with E-state index < -0.39 is 0 Å². The second-order valence-corrected chi connectivity index (χ2v) is 6.13. The van der Waals surface area contributed by atoms with Crippen LogP contribution in [0.1, 0.15) is 20.8 Å². The number of aromatic nitrogens is 2. The van der Waals surface area contributed by atoms with Gasteiger partial charge >= 0.3 is 0 Å². The molecule has 1 aliphatic rings. The normalized spacial score (nSPS) is 13.7. The summed E-state index contributed by atoms with van der Waals surface area (Å²) in [4.78, 5) is 15.7. The van der Waals surface area contributed by atoms with E-state index in [-0.39, 0.29) is 5.91 Å². The van der Waals surface area contributed by atoms with Crippen LogP contribution in [0, 0.1) is 0 Å². The predicted octanol–water partition coefficient (Wildman–Crippen LogP) is 3.29. The fourth-order valence-corrected chi connectivity index (χ4v) is 3.39. The topological polar surface area (TPSA) is 49.0 Å². The van der Waals surface area contributed by atoms with Crippen molar-refractivity contribution in [3.63, 3.8) is 0 Å². The number of hydrogen-bond acceptors (Lipinski definition) is 3. The lowest BCUT2D eigenvalue weighted by Crippen LogP contribution is -2.22. The second kappa shape index (κ2) is 4.86. The molecule has 1 N–H and O–H groups in total. The number of carbonyl (C=O) groups excluding carboxylic acids is 1. The van der Waals surface area contributed by atoms with Gasteiger partial charge in [-0.1, -0.05) is 18.2 Å². The van der Waals surface area contributed by atoms with E-state index in [1.54, 1.807) is 17.5 Å². The number of nitrogens with one attached hydrogen (secondary N) is 1. The van der Waals surface area contributed by atoms with Gasteiger partial charge in [0.1, 0.15) is 0 Å². The highest BCUT2D eigenvalue weighted by Crippen LogP contribution is 2.29. The molecule has 0 unspecified atom stereocenters. The van der Waals surface area contributed by atoms with Gasteiger partial charge < -0.3 is 4.90 Å². The predicted molar refractivity (Wildman–Crippen MR) is 81.9 cm³/mol. The van der Waals surface area contributed by atoms with Gasteiger partial charge in [-0.15, -0.1) is 11.3 Å². The first-order chi connectivity index (χ1) is 10.3. The Kier molecular flexibility index (Phi) is 2.86. The number of aromatic amines is 1. The second-order valence-electron chi connectivity index (χ2n) is 5.10. The Balaban J connectivity index is 1.64. The minimum atomic E-state index is 0.115. The lowest BCUT2D eigenvalue weighted by molar-refractivity contribution is 0.0768. The van der Waals surface area contributed by atoms with Crippen molar-refractivity contribution in [2.45, 2.75) is 13.1 Å². The van der Waals surface area contributed by atoms with E-state index >= 15 is 0 Å². The van der Waals surface area contributed by atoms with E-state index in [0.29, 0.717) is 13.1 Å². The highest BCUT2D eigenvalue weighted by molar-refractivity contribution is 7.09. The molecule has 104 valence electrons. The Morgan fingerprint density at radius 1 is 1.29 bits per heavy atom. The van der Waals surface area contributed by atoms with Crippen LogP contribution in [0.3, 0.4) is 0 Å². The number of rotatable bonds is 3. The van der Waals surface area contributed by atoms with Gasteiger partial charge in [-0.3, -0.25) is 9.89 Å². The maximum absolute atomic E-state index is 12.6. The van der Waals surface area contributed by atoms with Gasteiger partial charge in [0, 0.05) is 28.7 Å². The molecule has 1 amide bonds. The Hall–Kier alpha value is -2.40. The fourth-order valence-electron chi connectivity index (χ4n) is 2.67. The molecule has 0 saturated carbocycles. The molecule has 0 fully saturated rings. The molecule has 0 bridgehead atoms. The summed E-state index contributed by atoms with van der Waals surface area (Å²) in [7, 11) is 0. The Morgan fingerprint density at radius 2 is 2.24 bits per heavy atom. The molecule has 5 heteroatoms. The maximum Gasteiger partial charge on any atom is 0.254 e. The van der Waals surface area contributed by atoms with Crippen LogP contribution in [-0.4, -0.2) is 21.0 Å². The fraction of sp³-hybridized carbons (Fsp3) is 0.125. The van der Waals surface area contributed by atoms with Crippen LogP contribution in [0.2, 0.25) is 0 Å². The number of carbonyl (C=O) groups is 1. The molecule has 3 aromatic rings. The average Bonchev–Trinajstić information content (AvgIpc) is 3.23. The zero-order chi connectivity index (χ0) is 14.2. The van der Waals surface area contributed by atoms with E-state index in [4.69, 9.17) is 0 Å². The van der Waals surface area contributed by atoms with E-state index in [1.165, 1.54) is 4.88 Å². The highest BCUT2D eigenvalue weighted by atomic mass is 32.1. The van der Waals surface area contributed by atoms with E-state index in [1.807, 2.05) is 40.7 Å². The quantitative estimate of drug-likeness (QED) is 0.806. The van der Waals surface area contributed by atoms with Crippen LogP contribution in [-0.2, 0) is 13.1 Å². The summed E-state index contributed by atoms with van der Waals surface area (Å²) in [5.74, 6) is 0.115. The van der Waals surface area contributed by atoms with Crippen molar-refractivity contribution in [1.29, 1.82) is 0 Å². The maximum atomic E-state index is 12.6. The molecule has 2 aromatic heterocycles. The summed E-state index contributed by atoms with van der Waals surface area (Å²) in [6.07, 6.45) is 3.61. The van der Waals surface area contributed by atoms with E-state index in [2.05, 4.69) is 16.3 Å². The molecule has 4 nitrogen and oxygen atoms in total. The van der Waals surface area contributed by atoms with Gasteiger partial charge in [0.2, 0.25) is 0 Å². The number of hydrogen-bond donors (Lipinski definition) is 1. The van der Waals surface area contributed by atoms with Crippen LogP contribution in [0.25, 0.3) is 11.1 Å². The van der Waals surface area contributed by atoms with Gasteiger partial charge in [-0.05, 0) is 28.6 Å². The Labute approximate surface area is 126 Å². The minimum absolute atomic E-state index is 0.115. The number of amides is 1. The van der Waals surface area contributed by atoms with E-state index in [9.17, 15) is 4.79 Å². The summed E-state index contributed by atoms with van der Waals surface area (Å²) in [5, 5.41) is 8.80. The molecular weight excluding hydrogens is 282 g/mol. The zero-order valence-corrected chi connectivity index (χ0v) is 12.1. The van der Waals surface area contributed by atoms with Crippen molar-refractivity contribution in [2.75, 3.05) is 0 Å². The first-order valence-electron chi connectivity index (χ1n) is 6.75. The number of fused-ring (bicyclic) bond motifs is 1. The monoisotopic (exact) mass is 295 g/mol. The summed E-state index contributed by atoms with van der Waals surface area (Å²) in [6.45, 7) is 1.38. The molecule has 0 saturated heterocycles. The van der Waals surface area contributed by atoms with Crippen molar-refractivity contribution in [1.82, 2.24) is 15.1 Å². The first-order valence-corrected chi connectivity index (χ1v) is 7.63. The van der Waals surface area contributed by atoms with Crippen LogP contribution in [0.5, 0.6) is 0 Å². The lowest BCUT2D eigenvalue weighted by atomic mass is 10.0. The molecule has 4 rings (SSSR count). The summed E-state index contributed by atoms with van der Waals surface area (Å²) < 4.78 is 0. The molecule has 21 heavy (non-hydrogen) atoms. The third-order valence-electron chi connectivity index (χ3n) is 3.75. The van der Waals surface area contributed by atoms with Gasteiger partial charge in [0.25, 0.3) is 5.91 Å². The van der Waals surface area contributed by atoms with Crippen molar-refractivity contribution in [3.05, 3.63) is 64.1 Å². The van der Waals surface area contributed by atoms with Crippen molar-refractivity contribution in [3.8, 4) is 11.1 Å². The van der Waals surface area contributed by atoms with Gasteiger partial charge in [0.05, 0.1) is 12.7 Å². The molecule has 0 spiro atoms. The molecule has 3 heterocycles. The zero-order valence-electron chi connectivity index (χ0n) is 11.2. The van der Waals surface area contributed by atoms with Crippen LogP contribution < -0.4 is 0 Å². The minimum Gasteiger partial charge on any atom is -0.329 e. The molecule has 1 aliphatic heterocycles. The molecule has 0 aliphatic carbocycles. The van der Waals surface area contributed by atoms with Crippen molar-refractivity contribution >= 4 is 17.2 Å². The number of H-pyrrole nitrogens is 1. The summed E-state index contributed by atoms with van der Waals surface area (Å²) >= 11 is 1.69. The van der Waals surface area contributed by atoms with Crippen LogP contribution >= 0.6 is 11.3 Å². The van der Waals surface area contributed by atoms with E-state index in [0.717, 1.165) is 22.3 Å². The average molecular weight is 295 g/mol. The van der Waals surface area contributed by atoms with Crippen molar-refractivity contribution in [2.24, 2.45) is 0 Å². The lowest BCUT2D eigenvalue weighted by Gasteiger charge is -2.13. The molecular formula is C16H13N3OS. The van der Waals surface area contributed by atoms with Crippen LogP contribution in [0.4, 0.5) is 0 Å². The van der Waals surface area contributed by atoms with Gasteiger partial charge in [-0.2, -0.15) is 5.10 Å². The number of benzene rings is 1. The summed E-state index contributed by atoms with van der Waals surface area (Å²) in [5.41, 5.74) is 3.94. The van der Waals surface area contributed by atoms with Crippen LogP contribution in [0.15, 0.2) is 48.1 Å². The summed E-state index contributed by atoms with van der Waals surface area (Å²) in [6, 6.07) is 10.1. The van der Waals surface area contributed by atoms with Crippen molar-refractivity contribution < 1.29 is 4.79 Å². The molecule has 1 aromatic carbocycles. The third kappa shape index (κ3) is 2.15. The third-order valence-corrected chi connectivity index (χ3v) is 4.61. The standard InChI is InChI=1S/C16H13N3OS/c20-16-15-6-11(13-7-17-18-8-13)3-4-12(15)9-19(16)10-14-2-1-5-21-14/h1-8H,9-10H2,(H,17,18). The van der Waals surface area contributed by atoms with Gasteiger partial charge in [0.15, 0.2) is 0 Å².